The molecule has 0 amide bonds. The number of para-hydroxylation sites is 1. The van der Waals surface area contributed by atoms with Crippen LogP contribution in [0.25, 0.3) is 0 Å². The highest BCUT2D eigenvalue weighted by Crippen LogP contribution is 2.59. The minimum Gasteiger partial charge on any atom is -0.486 e. The maximum absolute atomic E-state index is 8.74. The van der Waals surface area contributed by atoms with Crippen molar-refractivity contribution in [3.8, 4) is 11.8 Å². The molecule has 1 saturated carbocycles. The molecule has 1 aromatic rings. The molecule has 1 aromatic carbocycles. The Labute approximate surface area is 80.7 Å². The maximum atomic E-state index is 8.74. The zero-order valence-electron chi connectivity index (χ0n) is 6.70. The Hall–Kier alpha value is -1.20. The molecule has 64 valence electrons. The summed E-state index contributed by atoms with van der Waals surface area (Å²) in [5, 5.41) is 9.40. The lowest BCUT2D eigenvalue weighted by Crippen LogP contribution is -1.97. The van der Waals surface area contributed by atoms with Crippen LogP contribution in [0, 0.1) is 17.2 Å². The van der Waals surface area contributed by atoms with Crippen LogP contribution in [0.2, 0.25) is 5.02 Å². The average molecular weight is 192 g/mol. The van der Waals surface area contributed by atoms with Crippen LogP contribution in [0.15, 0.2) is 18.2 Å². The van der Waals surface area contributed by atoms with Gasteiger partial charge in [0.15, 0.2) is 0 Å². The molecule has 1 fully saturated rings. The van der Waals surface area contributed by atoms with Crippen LogP contribution < -0.4 is 4.74 Å². The van der Waals surface area contributed by atoms with Gasteiger partial charge in [0.25, 0.3) is 0 Å². The van der Waals surface area contributed by atoms with E-state index in [-0.39, 0.29) is 17.9 Å². The van der Waals surface area contributed by atoms with Crippen LogP contribution in [0.1, 0.15) is 11.5 Å². The molecular formula is C10H6ClNO. The largest absolute Gasteiger partial charge is 0.486 e. The summed E-state index contributed by atoms with van der Waals surface area (Å²) in [5.41, 5.74) is 1.10. The van der Waals surface area contributed by atoms with Crippen LogP contribution in [-0.4, -0.2) is 6.10 Å². The van der Waals surface area contributed by atoms with Crippen molar-refractivity contribution >= 4 is 11.6 Å². The van der Waals surface area contributed by atoms with Crippen molar-refractivity contribution in [2.24, 2.45) is 5.92 Å². The molecule has 1 aliphatic heterocycles. The number of halogens is 1. The summed E-state index contributed by atoms with van der Waals surface area (Å²) in [6.45, 7) is 0. The van der Waals surface area contributed by atoms with Gasteiger partial charge in [0.2, 0.25) is 0 Å². The number of rotatable bonds is 0. The van der Waals surface area contributed by atoms with Crippen LogP contribution in [-0.2, 0) is 0 Å². The lowest BCUT2D eigenvalue weighted by atomic mass is 10.1. The summed E-state index contributed by atoms with van der Waals surface area (Å²) in [6.07, 6.45) is 0.0694. The molecule has 2 aliphatic rings. The molecule has 0 radical (unpaired) electrons. The zero-order valence-corrected chi connectivity index (χ0v) is 7.45. The van der Waals surface area contributed by atoms with E-state index >= 15 is 0 Å². The lowest BCUT2D eigenvalue weighted by Gasteiger charge is -2.05. The van der Waals surface area contributed by atoms with Gasteiger partial charge in [-0.15, -0.1) is 0 Å². The van der Waals surface area contributed by atoms with E-state index in [0.717, 1.165) is 11.3 Å². The number of hydrogen-bond donors (Lipinski definition) is 0. The predicted octanol–water partition coefficient (Wildman–Crippen LogP) is 2.34. The standard InChI is InChI=1S/C10H6ClNO/c11-7-3-1-2-5-8-6(4-12)10(8)13-9(5)7/h1-3,6,8,10H. The Kier molecular flexibility index (Phi) is 1.21. The number of benzene rings is 1. The third kappa shape index (κ3) is 0.777. The predicted molar refractivity (Wildman–Crippen MR) is 47.7 cm³/mol. The van der Waals surface area contributed by atoms with Gasteiger partial charge in [0.1, 0.15) is 11.9 Å². The minimum absolute atomic E-state index is 0.0472. The van der Waals surface area contributed by atoms with E-state index in [4.69, 9.17) is 21.6 Å². The Bertz CT molecular complexity index is 423. The molecule has 0 aromatic heterocycles. The fraction of sp³-hybridized carbons (Fsp3) is 0.300. The SMILES string of the molecule is N#CC1C2Oc3c(Cl)cccc3C12. The maximum Gasteiger partial charge on any atom is 0.142 e. The molecule has 0 N–H and O–H groups in total. The highest BCUT2D eigenvalue weighted by molar-refractivity contribution is 6.32. The van der Waals surface area contributed by atoms with E-state index in [1.807, 2.05) is 18.2 Å². The zero-order chi connectivity index (χ0) is 9.00. The van der Waals surface area contributed by atoms with Crippen LogP contribution in [0.4, 0.5) is 0 Å². The number of ether oxygens (including phenoxy) is 1. The van der Waals surface area contributed by atoms with Crippen molar-refractivity contribution in [3.05, 3.63) is 28.8 Å². The Morgan fingerprint density at radius 1 is 1.46 bits per heavy atom. The number of nitrogens with zero attached hydrogens (tertiary/aromatic N) is 1. The fourth-order valence-corrected chi connectivity index (χ4v) is 2.23. The van der Waals surface area contributed by atoms with Gasteiger partial charge >= 0.3 is 0 Å². The van der Waals surface area contributed by atoms with Crippen molar-refractivity contribution in [1.82, 2.24) is 0 Å². The van der Waals surface area contributed by atoms with Crippen molar-refractivity contribution in [2.75, 3.05) is 0 Å². The third-order valence-electron chi connectivity index (χ3n) is 2.71. The van der Waals surface area contributed by atoms with Crippen molar-refractivity contribution in [1.29, 1.82) is 5.26 Å². The first-order chi connectivity index (χ1) is 6.33. The van der Waals surface area contributed by atoms with Gasteiger partial charge in [-0.25, -0.2) is 0 Å². The summed E-state index contributed by atoms with van der Waals surface area (Å²) < 4.78 is 5.56. The minimum atomic E-state index is 0.0472. The van der Waals surface area contributed by atoms with E-state index in [0.29, 0.717) is 5.02 Å². The molecule has 3 atom stereocenters. The summed E-state index contributed by atoms with van der Waals surface area (Å²) in [6, 6.07) is 7.94. The summed E-state index contributed by atoms with van der Waals surface area (Å²) in [4.78, 5) is 0. The van der Waals surface area contributed by atoms with Crippen molar-refractivity contribution in [2.45, 2.75) is 12.0 Å². The van der Waals surface area contributed by atoms with E-state index in [2.05, 4.69) is 6.07 Å². The van der Waals surface area contributed by atoms with Gasteiger partial charge < -0.3 is 4.74 Å². The first-order valence-corrected chi connectivity index (χ1v) is 4.55. The molecule has 13 heavy (non-hydrogen) atoms. The lowest BCUT2D eigenvalue weighted by molar-refractivity contribution is 0.307. The van der Waals surface area contributed by atoms with Gasteiger partial charge in [0, 0.05) is 11.5 Å². The second-order valence-electron chi connectivity index (χ2n) is 3.42. The van der Waals surface area contributed by atoms with Crippen LogP contribution >= 0.6 is 11.6 Å². The van der Waals surface area contributed by atoms with E-state index in [9.17, 15) is 0 Å². The number of fused-ring (bicyclic) bond motifs is 3. The van der Waals surface area contributed by atoms with Gasteiger partial charge in [0.05, 0.1) is 17.0 Å². The Balaban J connectivity index is 2.10. The summed E-state index contributed by atoms with van der Waals surface area (Å²) >= 11 is 5.94. The molecule has 3 heteroatoms. The van der Waals surface area contributed by atoms with Crippen molar-refractivity contribution in [3.63, 3.8) is 0 Å². The van der Waals surface area contributed by atoms with Crippen LogP contribution in [0.5, 0.6) is 5.75 Å². The van der Waals surface area contributed by atoms with Crippen molar-refractivity contribution < 1.29 is 4.74 Å². The number of nitriles is 1. The van der Waals surface area contributed by atoms with Gasteiger partial charge in [-0.1, -0.05) is 23.7 Å². The first-order valence-electron chi connectivity index (χ1n) is 4.17. The topological polar surface area (TPSA) is 33.0 Å². The molecule has 1 aliphatic carbocycles. The smallest absolute Gasteiger partial charge is 0.142 e. The third-order valence-corrected chi connectivity index (χ3v) is 3.01. The van der Waals surface area contributed by atoms with Gasteiger partial charge in [-0.05, 0) is 6.07 Å². The first kappa shape index (κ1) is 7.23. The van der Waals surface area contributed by atoms with E-state index < -0.39 is 0 Å². The average Bonchev–Trinajstić information content (AvgIpc) is 2.70. The highest BCUT2D eigenvalue weighted by Gasteiger charge is 2.59. The Morgan fingerprint density at radius 2 is 2.31 bits per heavy atom. The Morgan fingerprint density at radius 3 is 3.08 bits per heavy atom. The fourth-order valence-electron chi connectivity index (χ4n) is 2.00. The quantitative estimate of drug-likeness (QED) is 0.631. The second-order valence-corrected chi connectivity index (χ2v) is 3.83. The second kappa shape index (κ2) is 2.18. The monoisotopic (exact) mass is 191 g/mol. The number of hydrogen-bond acceptors (Lipinski definition) is 2. The van der Waals surface area contributed by atoms with E-state index in [1.165, 1.54) is 0 Å². The molecule has 1 heterocycles. The van der Waals surface area contributed by atoms with Gasteiger partial charge in [-0.2, -0.15) is 5.26 Å². The molecule has 0 bridgehead atoms. The molecule has 2 nitrogen and oxygen atoms in total. The summed E-state index contributed by atoms with van der Waals surface area (Å²) in [7, 11) is 0. The molecule has 0 spiro atoms. The van der Waals surface area contributed by atoms with Crippen LogP contribution in [0.3, 0.4) is 0 Å². The highest BCUT2D eigenvalue weighted by atomic mass is 35.5. The van der Waals surface area contributed by atoms with Gasteiger partial charge in [-0.3, -0.25) is 0 Å². The molecule has 0 saturated heterocycles. The molecular weight excluding hydrogens is 186 g/mol. The van der Waals surface area contributed by atoms with E-state index in [1.54, 1.807) is 0 Å². The molecule has 3 rings (SSSR count). The normalized spacial score (nSPS) is 32.8. The summed E-state index contributed by atoms with van der Waals surface area (Å²) in [5.74, 6) is 1.11. The molecule has 3 unspecified atom stereocenters.